The van der Waals surface area contributed by atoms with Gasteiger partial charge in [-0.25, -0.2) is 0 Å². The van der Waals surface area contributed by atoms with Crippen LogP contribution >= 0.6 is 11.6 Å². The molecule has 2 N–H and O–H groups in total. The number of rotatable bonds is 7. The van der Waals surface area contributed by atoms with Gasteiger partial charge in [-0.1, -0.05) is 49.2 Å². The Hall–Kier alpha value is -2.91. The van der Waals surface area contributed by atoms with Gasteiger partial charge in [-0.3, -0.25) is 4.79 Å². The van der Waals surface area contributed by atoms with Crippen molar-refractivity contribution in [2.45, 2.75) is 95.9 Å². The predicted molar refractivity (Wildman–Crippen MR) is 179 cm³/mol. The Labute approximate surface area is 280 Å². The van der Waals surface area contributed by atoms with E-state index < -0.39 is 34.6 Å². The van der Waals surface area contributed by atoms with Crippen LogP contribution in [0.5, 0.6) is 0 Å². The zero-order valence-electron chi connectivity index (χ0n) is 27.6. The van der Waals surface area contributed by atoms with E-state index in [-0.39, 0.29) is 28.0 Å². The number of aliphatic hydroxyl groups is 2. The minimum absolute atomic E-state index is 0.0234. The molecule has 2 aromatic carbocycles. The van der Waals surface area contributed by atoms with Gasteiger partial charge in [0.15, 0.2) is 5.76 Å². The number of hydrogen-bond donors (Lipinski definition) is 2. The van der Waals surface area contributed by atoms with E-state index >= 15 is 0 Å². The molecule has 5 nitrogen and oxygen atoms in total. The van der Waals surface area contributed by atoms with Gasteiger partial charge < -0.3 is 19.5 Å². The fourth-order valence-corrected chi connectivity index (χ4v) is 7.94. The van der Waals surface area contributed by atoms with E-state index in [0.29, 0.717) is 44.2 Å². The molecule has 0 amide bonds. The number of nitrogens with zero attached hydrogens (tertiary/aromatic N) is 1. The Bertz CT molecular complexity index is 1630. The molecule has 0 saturated heterocycles. The quantitative estimate of drug-likeness (QED) is 0.194. The number of carbonyl (C=O) groups excluding carboxylic acids is 1. The molecule has 0 spiro atoms. The molecule has 1 aromatic heterocycles. The molecule has 3 aliphatic rings. The lowest BCUT2D eigenvalue weighted by Crippen LogP contribution is -2.51. The van der Waals surface area contributed by atoms with Crippen LogP contribution in [0, 0.1) is 5.41 Å². The second-order valence-corrected chi connectivity index (χ2v) is 14.3. The second kappa shape index (κ2) is 13.9. The maximum atomic E-state index is 14.3. The Balaban J connectivity index is 1.59. The van der Waals surface area contributed by atoms with E-state index in [4.69, 9.17) is 16.0 Å². The van der Waals surface area contributed by atoms with Gasteiger partial charge in [-0.15, -0.1) is 0 Å². The van der Waals surface area contributed by atoms with Crippen LogP contribution in [0.4, 0.5) is 13.2 Å². The molecule has 0 aliphatic heterocycles. The first-order valence-electron chi connectivity index (χ1n) is 16.5. The van der Waals surface area contributed by atoms with Gasteiger partial charge >= 0.3 is 6.18 Å². The number of benzene rings is 2. The molecule has 0 unspecified atom stereocenters. The van der Waals surface area contributed by atoms with E-state index in [1.54, 1.807) is 0 Å². The third kappa shape index (κ3) is 7.41. The summed E-state index contributed by atoms with van der Waals surface area (Å²) in [6, 6.07) is 11.7. The summed E-state index contributed by atoms with van der Waals surface area (Å²) in [5.74, 6) is -0.524. The van der Waals surface area contributed by atoms with Crippen LogP contribution in [0.25, 0.3) is 11.3 Å². The normalized spacial score (nSPS) is 25.5. The molecule has 3 aromatic rings. The van der Waals surface area contributed by atoms with Crippen molar-refractivity contribution >= 4 is 17.4 Å². The molecule has 3 aliphatic carbocycles. The molecule has 47 heavy (non-hydrogen) atoms. The summed E-state index contributed by atoms with van der Waals surface area (Å²) in [5, 5.41) is 23.3. The third-order valence-electron chi connectivity index (χ3n) is 10.4. The van der Waals surface area contributed by atoms with Gasteiger partial charge in [0.05, 0.1) is 22.3 Å². The summed E-state index contributed by atoms with van der Waals surface area (Å²) < 4.78 is 46.4. The van der Waals surface area contributed by atoms with E-state index in [1.807, 2.05) is 25.2 Å². The first-order valence-corrected chi connectivity index (χ1v) is 16.9. The van der Waals surface area contributed by atoms with Crippen LogP contribution in [0.2, 0.25) is 5.02 Å². The Morgan fingerprint density at radius 2 is 1.87 bits per heavy atom. The molecule has 0 radical (unpaired) electrons. The van der Waals surface area contributed by atoms with Gasteiger partial charge in [0.1, 0.15) is 5.76 Å². The van der Waals surface area contributed by atoms with Gasteiger partial charge in [0.25, 0.3) is 0 Å². The van der Waals surface area contributed by atoms with Gasteiger partial charge in [-0.2, -0.15) is 13.2 Å². The van der Waals surface area contributed by atoms with Crippen molar-refractivity contribution in [1.82, 2.24) is 4.90 Å². The maximum absolute atomic E-state index is 14.3. The molecule has 6 rings (SSSR count). The zero-order chi connectivity index (χ0) is 34.1. The Kier molecular flexibility index (Phi) is 10.5. The molecular weight excluding hydrogens is 627 g/mol. The van der Waals surface area contributed by atoms with Crippen molar-refractivity contribution in [2.75, 3.05) is 20.1 Å². The molecule has 1 saturated carbocycles. The smallest absolute Gasteiger partial charge is 0.416 e. The first-order chi connectivity index (χ1) is 22.1. The fourth-order valence-electron chi connectivity index (χ4n) is 7.73. The minimum Gasteiger partial charge on any atom is -0.453 e. The topological polar surface area (TPSA) is 73.9 Å². The van der Waals surface area contributed by atoms with E-state index in [0.717, 1.165) is 49.1 Å². The number of fused-ring (bicyclic) bond motifs is 8. The largest absolute Gasteiger partial charge is 0.453 e. The number of halogens is 4. The van der Waals surface area contributed by atoms with Gasteiger partial charge in [0, 0.05) is 23.1 Å². The van der Waals surface area contributed by atoms with Crippen LogP contribution < -0.4 is 0 Å². The zero-order valence-corrected chi connectivity index (χ0v) is 28.3. The van der Waals surface area contributed by atoms with Gasteiger partial charge in [0.2, 0.25) is 5.78 Å². The van der Waals surface area contributed by atoms with Crippen molar-refractivity contribution < 1.29 is 32.6 Å². The SMILES string of the molecule is CCCN(C)C[C@]1(O)CC[C@H]2c3ccc(cc3C(=O)c3ccc(-c4cc(C(F)(F)F)ccc4Cl)o3)C[C@@H](O)CCC(C)=CCC[C@@]21C. The Morgan fingerprint density at radius 3 is 2.60 bits per heavy atom. The molecule has 9 heteroatoms. The summed E-state index contributed by atoms with van der Waals surface area (Å²) in [5.41, 5.74) is 0.846. The van der Waals surface area contributed by atoms with Crippen LogP contribution in [0.1, 0.15) is 104 Å². The Morgan fingerprint density at radius 1 is 1.11 bits per heavy atom. The highest BCUT2D eigenvalue weighted by molar-refractivity contribution is 6.33. The van der Waals surface area contributed by atoms with Gasteiger partial charge in [-0.05, 0) is 125 Å². The number of allylic oxidation sites excluding steroid dienone is 2. The van der Waals surface area contributed by atoms with Crippen LogP contribution in [0.15, 0.2) is 64.6 Å². The average Bonchev–Trinajstić information content (AvgIpc) is 3.58. The molecule has 2 bridgehead atoms. The van der Waals surface area contributed by atoms with Crippen LogP contribution in [0.3, 0.4) is 0 Å². The van der Waals surface area contributed by atoms with E-state index in [1.165, 1.54) is 23.8 Å². The molecule has 254 valence electrons. The summed E-state index contributed by atoms with van der Waals surface area (Å²) in [4.78, 5) is 16.5. The number of furan rings is 1. The molecule has 1 heterocycles. The summed E-state index contributed by atoms with van der Waals surface area (Å²) >= 11 is 6.28. The second-order valence-electron chi connectivity index (χ2n) is 13.9. The molecular formula is C38H45ClF3NO4. The van der Waals surface area contributed by atoms with Crippen molar-refractivity contribution in [3.63, 3.8) is 0 Å². The highest BCUT2D eigenvalue weighted by atomic mass is 35.5. The highest BCUT2D eigenvalue weighted by Gasteiger charge is 2.57. The number of ketones is 1. The maximum Gasteiger partial charge on any atom is 0.416 e. The summed E-state index contributed by atoms with van der Waals surface area (Å²) in [7, 11) is 2.03. The van der Waals surface area contributed by atoms with Crippen molar-refractivity contribution in [2.24, 2.45) is 5.41 Å². The number of alkyl halides is 3. The van der Waals surface area contributed by atoms with Crippen molar-refractivity contribution in [1.29, 1.82) is 0 Å². The summed E-state index contributed by atoms with van der Waals surface area (Å²) in [6.45, 7) is 7.73. The minimum atomic E-state index is -4.57. The standard InChI is InChI=1S/C38H45ClF3NO4/c1-5-19-43(4)23-37(46)18-16-31-28-12-9-25(20-27(44)11-8-24(2)7-6-17-36(31,37)3)21-29(28)35(45)34-15-14-33(47-34)30-22-26(38(40,41)42)10-13-32(30)39/h7,9-10,12-15,21-22,27,31,44,46H,5-6,8,11,16-20,23H2,1-4H3/t27-,31-,36-,37+/m0/s1. The third-order valence-corrected chi connectivity index (χ3v) is 10.8. The number of carbonyl (C=O) groups is 1. The van der Waals surface area contributed by atoms with E-state index in [2.05, 4.69) is 31.7 Å². The molecule has 1 fully saturated rings. The van der Waals surface area contributed by atoms with Crippen LogP contribution in [-0.4, -0.2) is 52.7 Å². The number of aliphatic hydroxyl groups excluding tert-OH is 1. The highest BCUT2D eigenvalue weighted by Crippen LogP contribution is 2.59. The number of likely N-dealkylation sites (N-methyl/N-ethyl adjacent to an activating group) is 1. The summed E-state index contributed by atoms with van der Waals surface area (Å²) in [6.07, 6.45) is 2.45. The van der Waals surface area contributed by atoms with Crippen molar-refractivity contribution in [3.05, 3.63) is 93.2 Å². The first kappa shape index (κ1) is 35.4. The lowest BCUT2D eigenvalue weighted by Gasteiger charge is -2.45. The lowest BCUT2D eigenvalue weighted by atomic mass is 9.64. The van der Waals surface area contributed by atoms with E-state index in [9.17, 15) is 28.2 Å². The van der Waals surface area contributed by atoms with Crippen LogP contribution in [-0.2, 0) is 12.6 Å². The number of hydrogen-bond acceptors (Lipinski definition) is 5. The predicted octanol–water partition coefficient (Wildman–Crippen LogP) is 9.23. The molecule has 4 atom stereocenters. The fraction of sp³-hybridized carbons (Fsp3) is 0.500. The van der Waals surface area contributed by atoms with Crippen molar-refractivity contribution in [3.8, 4) is 11.3 Å². The monoisotopic (exact) mass is 671 g/mol. The lowest BCUT2D eigenvalue weighted by molar-refractivity contribution is -0.137. The average molecular weight is 672 g/mol.